The van der Waals surface area contributed by atoms with Gasteiger partial charge in [0.05, 0.1) is 11.0 Å². The molecule has 0 fully saturated rings. The van der Waals surface area contributed by atoms with Crippen LogP contribution in [0.25, 0.3) is 34.2 Å². The first-order valence-corrected chi connectivity index (χ1v) is 7.55. The Bertz CT molecular complexity index is 917. The first-order chi connectivity index (χ1) is 10.7. The average Bonchev–Trinajstić information content (AvgIpc) is 3.11. The second-order valence-corrected chi connectivity index (χ2v) is 5.76. The molecule has 2 heteroatoms. The van der Waals surface area contributed by atoms with E-state index < -0.39 is 0 Å². The molecule has 0 aliphatic carbocycles. The second kappa shape index (κ2) is 4.92. The fourth-order valence-electron chi connectivity index (χ4n) is 3.09. The number of hydrogen-bond acceptors (Lipinski definition) is 0. The Morgan fingerprint density at radius 3 is 1.55 bits per heavy atom. The summed E-state index contributed by atoms with van der Waals surface area (Å²) in [6.07, 6.45) is 8.46. The lowest BCUT2D eigenvalue weighted by Gasteiger charge is -2.02. The summed E-state index contributed by atoms with van der Waals surface area (Å²) in [6, 6.07) is 17.2. The topological polar surface area (TPSA) is 9.86 Å². The monoisotopic (exact) mass is 286 g/mol. The summed E-state index contributed by atoms with van der Waals surface area (Å²) in [6.45, 7) is 4.30. The third kappa shape index (κ3) is 1.96. The first-order valence-electron chi connectivity index (χ1n) is 7.55. The van der Waals surface area contributed by atoms with Crippen molar-refractivity contribution in [3.63, 3.8) is 0 Å². The first kappa shape index (κ1) is 13.0. The van der Waals surface area contributed by atoms with Crippen molar-refractivity contribution in [2.75, 3.05) is 0 Å². The Balaban J connectivity index is 1.79. The van der Waals surface area contributed by atoms with Gasteiger partial charge in [0.15, 0.2) is 0 Å². The summed E-state index contributed by atoms with van der Waals surface area (Å²) in [5.74, 6) is 0. The van der Waals surface area contributed by atoms with Gasteiger partial charge in [0.1, 0.15) is 0 Å². The molecular formula is C20H18N2. The molecule has 0 aliphatic heterocycles. The van der Waals surface area contributed by atoms with Crippen LogP contribution in [0.1, 0.15) is 11.1 Å². The highest BCUT2D eigenvalue weighted by molar-refractivity contribution is 5.87. The van der Waals surface area contributed by atoms with Crippen molar-refractivity contribution in [1.29, 1.82) is 0 Å². The summed E-state index contributed by atoms with van der Waals surface area (Å²) in [5.41, 5.74) is 5.10. The van der Waals surface area contributed by atoms with Crippen LogP contribution in [0.15, 0.2) is 60.9 Å². The van der Waals surface area contributed by atoms with Crippen molar-refractivity contribution in [1.82, 2.24) is 9.13 Å². The van der Waals surface area contributed by atoms with Gasteiger partial charge in [0, 0.05) is 35.6 Å². The fraction of sp³-hybridized carbons (Fsp3) is 0.100. The zero-order valence-corrected chi connectivity index (χ0v) is 12.8. The van der Waals surface area contributed by atoms with E-state index in [2.05, 4.69) is 96.3 Å². The average molecular weight is 286 g/mol. The molecule has 0 unspecified atom stereocenters. The van der Waals surface area contributed by atoms with Gasteiger partial charge in [-0.3, -0.25) is 0 Å². The smallest absolute Gasteiger partial charge is 0.0525 e. The third-order valence-corrected chi connectivity index (χ3v) is 4.35. The summed E-state index contributed by atoms with van der Waals surface area (Å²) in [7, 11) is 0. The third-order valence-electron chi connectivity index (χ3n) is 4.35. The molecule has 0 amide bonds. The van der Waals surface area contributed by atoms with Crippen LogP contribution in [0.5, 0.6) is 0 Å². The number of fused-ring (bicyclic) bond motifs is 2. The van der Waals surface area contributed by atoms with Gasteiger partial charge in [-0.15, -0.1) is 0 Å². The Hall–Kier alpha value is -2.74. The standard InChI is InChI=1S/C20H18N2/c1-15-5-3-7-19-17(15)9-11-21(19)13-14-22-12-10-18-16(2)6-4-8-20(18)22/h3-14H,1-2H3/b14-13-. The molecule has 0 aliphatic rings. The van der Waals surface area contributed by atoms with Gasteiger partial charge in [-0.2, -0.15) is 0 Å². The fourth-order valence-corrected chi connectivity index (χ4v) is 3.09. The van der Waals surface area contributed by atoms with E-state index in [1.807, 2.05) is 0 Å². The highest BCUT2D eigenvalue weighted by Crippen LogP contribution is 2.22. The maximum atomic E-state index is 2.17. The summed E-state index contributed by atoms with van der Waals surface area (Å²) >= 11 is 0. The molecule has 2 aromatic heterocycles. The second-order valence-electron chi connectivity index (χ2n) is 5.76. The van der Waals surface area contributed by atoms with Gasteiger partial charge in [0.25, 0.3) is 0 Å². The molecule has 0 spiro atoms. The largest absolute Gasteiger partial charge is 0.322 e. The van der Waals surface area contributed by atoms with Crippen LogP contribution in [0.4, 0.5) is 0 Å². The summed E-state index contributed by atoms with van der Waals surface area (Å²) in [4.78, 5) is 0. The van der Waals surface area contributed by atoms with Crippen molar-refractivity contribution >= 4 is 34.2 Å². The quantitative estimate of drug-likeness (QED) is 0.473. The molecule has 22 heavy (non-hydrogen) atoms. The lowest BCUT2D eigenvalue weighted by molar-refractivity contribution is 1.18. The molecule has 2 aromatic carbocycles. The molecule has 0 radical (unpaired) electrons. The van der Waals surface area contributed by atoms with Gasteiger partial charge in [-0.05, 0) is 49.2 Å². The maximum absolute atomic E-state index is 2.17. The van der Waals surface area contributed by atoms with Crippen LogP contribution in [-0.2, 0) is 0 Å². The molecule has 0 N–H and O–H groups in total. The number of aromatic nitrogens is 2. The van der Waals surface area contributed by atoms with Crippen molar-refractivity contribution in [3.8, 4) is 0 Å². The highest BCUT2D eigenvalue weighted by atomic mass is 15.0. The molecule has 108 valence electrons. The molecule has 0 saturated heterocycles. The normalized spacial score (nSPS) is 11.9. The number of aryl methyl sites for hydroxylation is 2. The van der Waals surface area contributed by atoms with E-state index in [9.17, 15) is 0 Å². The Morgan fingerprint density at radius 1 is 0.636 bits per heavy atom. The van der Waals surface area contributed by atoms with E-state index in [0.717, 1.165) is 0 Å². The van der Waals surface area contributed by atoms with Crippen LogP contribution in [0.2, 0.25) is 0 Å². The van der Waals surface area contributed by atoms with Gasteiger partial charge in [-0.25, -0.2) is 0 Å². The Labute approximate surface area is 129 Å². The maximum Gasteiger partial charge on any atom is 0.0525 e. The molecule has 0 saturated carbocycles. The van der Waals surface area contributed by atoms with E-state index in [0.29, 0.717) is 0 Å². The molecule has 0 bridgehead atoms. The molecule has 2 heterocycles. The molecule has 2 nitrogen and oxygen atoms in total. The number of nitrogens with zero attached hydrogens (tertiary/aromatic N) is 2. The molecular weight excluding hydrogens is 268 g/mol. The minimum Gasteiger partial charge on any atom is -0.322 e. The summed E-state index contributed by atoms with van der Waals surface area (Å²) < 4.78 is 4.34. The van der Waals surface area contributed by atoms with E-state index >= 15 is 0 Å². The lowest BCUT2D eigenvalue weighted by atomic mass is 10.1. The van der Waals surface area contributed by atoms with Gasteiger partial charge in [-0.1, -0.05) is 24.3 Å². The van der Waals surface area contributed by atoms with Gasteiger partial charge < -0.3 is 9.13 Å². The Morgan fingerprint density at radius 2 is 1.09 bits per heavy atom. The van der Waals surface area contributed by atoms with Gasteiger partial charge in [0.2, 0.25) is 0 Å². The van der Waals surface area contributed by atoms with Gasteiger partial charge >= 0.3 is 0 Å². The molecule has 0 atom stereocenters. The van der Waals surface area contributed by atoms with Crippen LogP contribution in [-0.4, -0.2) is 9.13 Å². The summed E-state index contributed by atoms with van der Waals surface area (Å²) in [5, 5.41) is 2.61. The predicted octanol–water partition coefficient (Wildman–Crippen LogP) is 5.30. The lowest BCUT2D eigenvalue weighted by Crippen LogP contribution is -1.87. The van der Waals surface area contributed by atoms with E-state index in [4.69, 9.17) is 0 Å². The van der Waals surface area contributed by atoms with Crippen LogP contribution in [0.3, 0.4) is 0 Å². The highest BCUT2D eigenvalue weighted by Gasteiger charge is 2.02. The minimum absolute atomic E-state index is 1.24. The van der Waals surface area contributed by atoms with Crippen molar-refractivity contribution < 1.29 is 0 Å². The minimum atomic E-state index is 1.24. The van der Waals surface area contributed by atoms with Crippen LogP contribution >= 0.6 is 0 Å². The van der Waals surface area contributed by atoms with Crippen molar-refractivity contribution in [2.45, 2.75) is 13.8 Å². The Kier molecular flexibility index (Phi) is 2.90. The van der Waals surface area contributed by atoms with Crippen molar-refractivity contribution in [2.24, 2.45) is 0 Å². The van der Waals surface area contributed by atoms with Crippen molar-refractivity contribution in [3.05, 3.63) is 72.1 Å². The van der Waals surface area contributed by atoms with Crippen LogP contribution in [0, 0.1) is 13.8 Å². The SMILES string of the molecule is Cc1cccc2c1ccn2/C=C\n1ccc2c(C)cccc21. The number of benzene rings is 2. The number of rotatable bonds is 2. The molecule has 4 aromatic rings. The number of hydrogen-bond donors (Lipinski definition) is 0. The van der Waals surface area contributed by atoms with Crippen LogP contribution < -0.4 is 0 Å². The zero-order valence-electron chi connectivity index (χ0n) is 12.8. The van der Waals surface area contributed by atoms with E-state index in [1.54, 1.807) is 0 Å². The van der Waals surface area contributed by atoms with E-state index in [1.165, 1.54) is 32.9 Å². The van der Waals surface area contributed by atoms with E-state index in [-0.39, 0.29) is 0 Å². The molecule has 4 rings (SSSR count). The predicted molar refractivity (Wildman–Crippen MR) is 94.9 cm³/mol. The zero-order chi connectivity index (χ0) is 15.1.